The van der Waals surface area contributed by atoms with Crippen molar-refractivity contribution in [3.63, 3.8) is 0 Å². The first-order valence-corrected chi connectivity index (χ1v) is 16.3. The molecule has 1 aliphatic rings. The number of fused-ring (bicyclic) bond motifs is 1. The summed E-state index contributed by atoms with van der Waals surface area (Å²) >= 11 is 0. The molecule has 35 heavy (non-hydrogen) atoms. The zero-order chi connectivity index (χ0) is 26.0. The standard InChI is InChI=1S/C24H30N2O7SSi/c1-16-6-8-18(9-7-16)34(30,31)26-15-17(10-11-25-24(29)33-12-13-35(3,4)5)21-19(27)14-20(32-2)23(28)22(21)26/h6-9,14-15H,10-13H2,1-5H3,(H,25,29). The second-order valence-electron chi connectivity index (χ2n) is 9.52. The van der Waals surface area contributed by atoms with Gasteiger partial charge in [0.15, 0.2) is 11.5 Å². The van der Waals surface area contributed by atoms with Crippen LogP contribution in [-0.2, 0) is 25.9 Å². The van der Waals surface area contributed by atoms with Crippen LogP contribution in [0.25, 0.3) is 0 Å². The number of nitrogens with one attached hydrogen (secondary N) is 1. The topological polar surface area (TPSA) is 121 Å². The molecule has 0 atom stereocenters. The number of carbonyl (C=O) groups is 3. The summed E-state index contributed by atoms with van der Waals surface area (Å²) in [6, 6.07) is 7.01. The third-order valence-electron chi connectivity index (χ3n) is 5.55. The Labute approximate surface area is 206 Å². The highest BCUT2D eigenvalue weighted by molar-refractivity contribution is 7.90. The van der Waals surface area contributed by atoms with Gasteiger partial charge in [-0.15, -0.1) is 0 Å². The number of ketones is 2. The number of rotatable bonds is 9. The van der Waals surface area contributed by atoms with E-state index in [1.54, 1.807) is 12.1 Å². The molecule has 0 saturated heterocycles. The van der Waals surface area contributed by atoms with Gasteiger partial charge in [-0.2, -0.15) is 0 Å². The molecule has 9 nitrogen and oxygen atoms in total. The molecule has 11 heteroatoms. The van der Waals surface area contributed by atoms with Crippen LogP contribution in [0.15, 0.2) is 47.2 Å². The van der Waals surface area contributed by atoms with E-state index >= 15 is 0 Å². The van der Waals surface area contributed by atoms with E-state index < -0.39 is 35.8 Å². The number of alkyl carbamates (subject to hydrolysis) is 1. The summed E-state index contributed by atoms with van der Waals surface area (Å²) in [5.74, 6) is -1.48. The minimum absolute atomic E-state index is 0.0135. The molecule has 1 aromatic carbocycles. The average Bonchev–Trinajstić information content (AvgIpc) is 3.17. The lowest BCUT2D eigenvalue weighted by Crippen LogP contribution is -2.29. The number of benzene rings is 1. The SMILES string of the molecule is COC1=CC(=O)c2c(CCNC(=O)OCC[Si](C)(C)C)cn(S(=O)(=O)c3ccc(C)cc3)c2C1=O. The van der Waals surface area contributed by atoms with E-state index in [0.717, 1.165) is 21.7 Å². The minimum Gasteiger partial charge on any atom is -0.492 e. The molecule has 0 saturated carbocycles. The fourth-order valence-electron chi connectivity index (χ4n) is 3.55. The van der Waals surface area contributed by atoms with Gasteiger partial charge in [0, 0.05) is 26.9 Å². The summed E-state index contributed by atoms with van der Waals surface area (Å²) in [5.41, 5.74) is 0.906. The van der Waals surface area contributed by atoms with E-state index in [1.807, 2.05) is 6.92 Å². The highest BCUT2D eigenvalue weighted by Gasteiger charge is 2.36. The Kier molecular flexibility index (Phi) is 7.70. The van der Waals surface area contributed by atoms with Crippen molar-refractivity contribution in [2.75, 3.05) is 20.3 Å². The number of hydrogen-bond acceptors (Lipinski definition) is 7. The molecule has 0 radical (unpaired) electrons. The molecule has 0 spiro atoms. The van der Waals surface area contributed by atoms with Crippen molar-refractivity contribution < 1.29 is 32.3 Å². The Hall–Kier alpha value is -3.18. The summed E-state index contributed by atoms with van der Waals surface area (Å²) in [4.78, 5) is 37.9. The Balaban J connectivity index is 1.89. The first-order chi connectivity index (χ1) is 16.3. The summed E-state index contributed by atoms with van der Waals surface area (Å²) in [6.45, 7) is 8.76. The Morgan fingerprint density at radius 2 is 1.77 bits per heavy atom. The van der Waals surface area contributed by atoms with Gasteiger partial charge in [-0.25, -0.2) is 17.2 Å². The van der Waals surface area contributed by atoms with E-state index in [1.165, 1.54) is 25.4 Å². The molecule has 0 aliphatic heterocycles. The van der Waals surface area contributed by atoms with E-state index in [-0.39, 0.29) is 34.9 Å². The predicted octanol–water partition coefficient (Wildman–Crippen LogP) is 3.55. The molecule has 188 valence electrons. The number of aryl methyl sites for hydroxylation is 1. The normalized spacial score (nSPS) is 13.8. The van der Waals surface area contributed by atoms with Crippen LogP contribution in [0.1, 0.15) is 32.0 Å². The van der Waals surface area contributed by atoms with E-state index in [2.05, 4.69) is 25.0 Å². The molecule has 0 fully saturated rings. The Morgan fingerprint density at radius 1 is 1.11 bits per heavy atom. The van der Waals surface area contributed by atoms with E-state index in [4.69, 9.17) is 9.47 Å². The van der Waals surface area contributed by atoms with E-state index in [9.17, 15) is 22.8 Å². The fourth-order valence-corrected chi connectivity index (χ4v) is 5.65. The van der Waals surface area contributed by atoms with Gasteiger partial charge in [-0.3, -0.25) is 9.59 Å². The molecule has 0 unspecified atom stereocenters. The number of Topliss-reactive ketones (excluding diaryl/α,β-unsaturated/α-hetero) is 1. The number of ether oxygens (including phenoxy) is 2. The monoisotopic (exact) mass is 518 g/mol. The number of carbonyl (C=O) groups excluding carboxylic acids is 3. The number of amides is 1. The van der Waals surface area contributed by atoms with Gasteiger partial charge in [0.05, 0.1) is 24.2 Å². The van der Waals surface area contributed by atoms with Gasteiger partial charge in [-0.1, -0.05) is 37.3 Å². The largest absolute Gasteiger partial charge is 0.492 e. The quantitative estimate of drug-likeness (QED) is 0.504. The molecule has 1 heterocycles. The molecule has 1 aliphatic carbocycles. The summed E-state index contributed by atoms with van der Waals surface area (Å²) < 4.78 is 37.9. The van der Waals surface area contributed by atoms with Crippen LogP contribution < -0.4 is 5.32 Å². The third kappa shape index (κ3) is 5.91. The first-order valence-electron chi connectivity index (χ1n) is 11.2. The number of methoxy groups -OCH3 is 1. The second kappa shape index (κ2) is 10.2. The van der Waals surface area contributed by atoms with Crippen molar-refractivity contribution in [3.05, 3.63) is 64.7 Å². The predicted molar refractivity (Wildman–Crippen MR) is 133 cm³/mol. The summed E-state index contributed by atoms with van der Waals surface area (Å²) in [6.07, 6.45) is 1.85. The highest BCUT2D eigenvalue weighted by atomic mass is 32.2. The zero-order valence-corrected chi connectivity index (χ0v) is 22.3. The lowest BCUT2D eigenvalue weighted by molar-refractivity contribution is 0.0911. The number of nitrogens with zero attached hydrogens (tertiary/aromatic N) is 1. The van der Waals surface area contributed by atoms with Gasteiger partial charge < -0.3 is 14.8 Å². The van der Waals surface area contributed by atoms with Crippen molar-refractivity contribution in [3.8, 4) is 0 Å². The van der Waals surface area contributed by atoms with Crippen LogP contribution in [0.2, 0.25) is 25.7 Å². The number of hydrogen-bond donors (Lipinski definition) is 1. The van der Waals surface area contributed by atoms with Crippen molar-refractivity contribution in [1.82, 2.24) is 9.29 Å². The summed E-state index contributed by atoms with van der Waals surface area (Å²) in [5, 5.41) is 2.62. The lowest BCUT2D eigenvalue weighted by Gasteiger charge is -2.16. The van der Waals surface area contributed by atoms with Crippen molar-refractivity contribution in [2.24, 2.45) is 0 Å². The van der Waals surface area contributed by atoms with Gasteiger partial charge in [0.1, 0.15) is 5.69 Å². The fraction of sp³-hybridized carbons (Fsp3) is 0.375. The maximum atomic E-state index is 13.4. The number of aromatic nitrogens is 1. The van der Waals surface area contributed by atoms with Crippen molar-refractivity contribution in [1.29, 1.82) is 0 Å². The molecule has 3 rings (SSSR count). The molecule has 1 N–H and O–H groups in total. The van der Waals surface area contributed by atoms with Crippen LogP contribution >= 0.6 is 0 Å². The van der Waals surface area contributed by atoms with Gasteiger partial charge in [-0.05, 0) is 37.1 Å². The van der Waals surface area contributed by atoms with Crippen molar-refractivity contribution >= 4 is 35.8 Å². The smallest absolute Gasteiger partial charge is 0.407 e. The van der Waals surface area contributed by atoms with Crippen LogP contribution in [-0.4, -0.2) is 58.4 Å². The molecule has 1 aromatic heterocycles. The molecule has 1 amide bonds. The second-order valence-corrected chi connectivity index (χ2v) is 17.0. The third-order valence-corrected chi connectivity index (χ3v) is 8.92. The molecular formula is C24H30N2O7SSi. The molecular weight excluding hydrogens is 488 g/mol. The van der Waals surface area contributed by atoms with Crippen LogP contribution in [0.3, 0.4) is 0 Å². The highest BCUT2D eigenvalue weighted by Crippen LogP contribution is 2.30. The number of allylic oxidation sites excluding steroid dienone is 2. The zero-order valence-electron chi connectivity index (χ0n) is 20.5. The maximum Gasteiger partial charge on any atom is 0.407 e. The maximum absolute atomic E-state index is 13.4. The lowest BCUT2D eigenvalue weighted by atomic mass is 9.96. The molecule has 2 aromatic rings. The van der Waals surface area contributed by atoms with Crippen LogP contribution in [0, 0.1) is 6.92 Å². The first kappa shape index (κ1) is 26.4. The van der Waals surface area contributed by atoms with Crippen molar-refractivity contribution in [2.45, 2.75) is 43.9 Å². The Morgan fingerprint density at radius 3 is 2.37 bits per heavy atom. The van der Waals surface area contributed by atoms with E-state index in [0.29, 0.717) is 12.2 Å². The van der Waals surface area contributed by atoms with Crippen LogP contribution in [0.4, 0.5) is 4.79 Å². The summed E-state index contributed by atoms with van der Waals surface area (Å²) in [7, 11) is -4.28. The minimum atomic E-state index is -4.18. The van der Waals surface area contributed by atoms with Crippen LogP contribution in [0.5, 0.6) is 0 Å². The van der Waals surface area contributed by atoms with Gasteiger partial charge in [0.2, 0.25) is 5.78 Å². The average molecular weight is 519 g/mol. The molecule has 0 bridgehead atoms. The van der Waals surface area contributed by atoms with Gasteiger partial charge >= 0.3 is 6.09 Å². The van der Waals surface area contributed by atoms with Gasteiger partial charge in [0.25, 0.3) is 10.0 Å². The Bertz CT molecular complexity index is 1290.